The van der Waals surface area contributed by atoms with E-state index in [1.165, 1.54) is 10.5 Å². The summed E-state index contributed by atoms with van der Waals surface area (Å²) in [5, 5.41) is 15.9. The van der Waals surface area contributed by atoms with Crippen LogP contribution >= 0.6 is 0 Å². The van der Waals surface area contributed by atoms with Crippen molar-refractivity contribution >= 4 is 23.4 Å². The number of hydrogen-bond donors (Lipinski definition) is 2. The molecule has 356 valence electrons. The number of allylic oxidation sites excluding steroid dienone is 3. The number of methoxy groups -OCH3 is 2. The van der Waals surface area contributed by atoms with Gasteiger partial charge in [0.25, 0.3) is 11.7 Å². The molecule has 5 rings (SSSR count). The minimum absolute atomic E-state index is 0.0586. The Morgan fingerprint density at radius 3 is 2.38 bits per heavy atom. The van der Waals surface area contributed by atoms with Crippen LogP contribution in [0.2, 0.25) is 0 Å². The average molecular weight is 891 g/mol. The lowest BCUT2D eigenvalue weighted by atomic mass is 9.81. The van der Waals surface area contributed by atoms with E-state index >= 15 is 0 Å². The molecular formula is C52H78N2O10. The number of carbonyl (C=O) groups excluding carboxylic acids is 4. The lowest BCUT2D eigenvalue weighted by Gasteiger charge is -2.47. The quantitative estimate of drug-likeness (QED) is 0.127. The van der Waals surface area contributed by atoms with Gasteiger partial charge < -0.3 is 39.0 Å². The van der Waals surface area contributed by atoms with E-state index in [-0.39, 0.29) is 54.6 Å². The van der Waals surface area contributed by atoms with Gasteiger partial charge in [-0.15, -0.1) is 6.58 Å². The fourth-order valence-electron chi connectivity index (χ4n) is 10.6. The van der Waals surface area contributed by atoms with Gasteiger partial charge in [-0.25, -0.2) is 4.79 Å². The van der Waals surface area contributed by atoms with Crippen molar-refractivity contribution in [1.82, 2.24) is 10.2 Å². The van der Waals surface area contributed by atoms with E-state index in [1.54, 1.807) is 27.2 Å². The van der Waals surface area contributed by atoms with Crippen molar-refractivity contribution < 1.29 is 48.0 Å². The van der Waals surface area contributed by atoms with Crippen LogP contribution in [0.5, 0.6) is 0 Å². The third-order valence-electron chi connectivity index (χ3n) is 14.3. The standard InChI is InChI=1S/C52H78N2O10/c1-10-25-62-44-31-39(21-22-41(44)53-32-38-17-13-12-14-18-38)29-36(6)47-35(5)20-23-43(55)40(11-2)27-33(3)26-34(4)28-45(60-8)48-46(61-9)30-37(7)52(59,64-48)49(56)50(57)54-24-16-15-19-42(54)51(58)63-47/h10,12-14,17-18,27,29,34-35,37,39-42,44-48,53,59H,1,11,15-16,19-26,28,30-32H2,2-9H3/b33-27+,36-29?. The van der Waals surface area contributed by atoms with E-state index in [2.05, 4.69) is 43.1 Å². The third-order valence-corrected chi connectivity index (χ3v) is 14.3. The van der Waals surface area contributed by atoms with Gasteiger partial charge in [0.2, 0.25) is 5.79 Å². The molecule has 4 aliphatic rings. The van der Waals surface area contributed by atoms with Gasteiger partial charge in [0.05, 0.1) is 24.9 Å². The van der Waals surface area contributed by atoms with Crippen molar-refractivity contribution in [3.63, 3.8) is 0 Å². The van der Waals surface area contributed by atoms with Crippen LogP contribution in [-0.2, 0) is 49.4 Å². The zero-order chi connectivity index (χ0) is 46.6. The van der Waals surface area contributed by atoms with Crippen LogP contribution in [0.25, 0.3) is 0 Å². The zero-order valence-electron chi connectivity index (χ0n) is 39.9. The summed E-state index contributed by atoms with van der Waals surface area (Å²) >= 11 is 0. The number of amides is 1. The second-order valence-electron chi connectivity index (χ2n) is 19.3. The van der Waals surface area contributed by atoms with Gasteiger partial charge in [-0.05, 0) is 113 Å². The Balaban J connectivity index is 1.46. The number of Topliss-reactive ketones (excluding diaryl/α,β-unsaturated/α-hetero) is 2. The number of piperidine rings is 1. The van der Waals surface area contributed by atoms with Gasteiger partial charge in [0, 0.05) is 51.6 Å². The monoisotopic (exact) mass is 891 g/mol. The van der Waals surface area contributed by atoms with Crippen LogP contribution in [0, 0.1) is 29.6 Å². The summed E-state index contributed by atoms with van der Waals surface area (Å²) in [6, 6.07) is 9.43. The summed E-state index contributed by atoms with van der Waals surface area (Å²) in [6.07, 6.45) is 10.4. The van der Waals surface area contributed by atoms with Crippen LogP contribution in [-0.4, -0.2) is 109 Å². The van der Waals surface area contributed by atoms with E-state index in [4.69, 9.17) is 23.7 Å². The number of benzene rings is 1. The molecule has 64 heavy (non-hydrogen) atoms. The van der Waals surface area contributed by atoms with Crippen molar-refractivity contribution in [2.24, 2.45) is 29.6 Å². The first-order valence-corrected chi connectivity index (χ1v) is 24.0. The molecule has 1 amide bonds. The molecule has 0 spiro atoms. The number of cyclic esters (lactones) is 1. The lowest BCUT2D eigenvalue weighted by molar-refractivity contribution is -0.302. The first-order valence-electron chi connectivity index (χ1n) is 24.0. The molecule has 3 heterocycles. The number of esters is 1. The molecule has 1 aromatic rings. The van der Waals surface area contributed by atoms with Crippen LogP contribution in [0.4, 0.5) is 0 Å². The Hall–Kier alpha value is -3.52. The van der Waals surface area contributed by atoms with Gasteiger partial charge in [-0.1, -0.05) is 81.8 Å². The molecule has 1 aliphatic carbocycles. The highest BCUT2D eigenvalue weighted by Crippen LogP contribution is 2.39. The van der Waals surface area contributed by atoms with E-state index in [0.717, 1.165) is 37.0 Å². The maximum atomic E-state index is 14.5. The summed E-state index contributed by atoms with van der Waals surface area (Å²) in [5.74, 6) is -6.07. The fraction of sp³-hybridized carbons (Fsp3) is 0.692. The van der Waals surface area contributed by atoms with Crippen LogP contribution in [0.1, 0.15) is 124 Å². The molecule has 3 fully saturated rings. The van der Waals surface area contributed by atoms with Crippen molar-refractivity contribution in [2.45, 2.75) is 174 Å². The van der Waals surface area contributed by atoms with Gasteiger partial charge in [-0.3, -0.25) is 14.4 Å². The van der Waals surface area contributed by atoms with E-state index < -0.39 is 59.8 Å². The van der Waals surface area contributed by atoms with Crippen LogP contribution < -0.4 is 5.32 Å². The molecule has 2 saturated heterocycles. The second kappa shape index (κ2) is 24.3. The van der Waals surface area contributed by atoms with Crippen molar-refractivity contribution in [3.8, 4) is 0 Å². The molecule has 13 unspecified atom stereocenters. The first kappa shape index (κ1) is 51.5. The number of carbonyl (C=O) groups is 4. The molecular weight excluding hydrogens is 813 g/mol. The van der Waals surface area contributed by atoms with Crippen molar-refractivity contribution in [1.29, 1.82) is 0 Å². The third kappa shape index (κ3) is 13.1. The number of fused-ring (bicyclic) bond motifs is 3. The Morgan fingerprint density at radius 2 is 1.69 bits per heavy atom. The first-order chi connectivity index (χ1) is 30.6. The highest BCUT2D eigenvalue weighted by Gasteiger charge is 2.56. The van der Waals surface area contributed by atoms with Crippen LogP contribution in [0.3, 0.4) is 0 Å². The Bertz CT molecular complexity index is 1780. The van der Waals surface area contributed by atoms with Gasteiger partial charge in [-0.2, -0.15) is 0 Å². The minimum atomic E-state index is -2.47. The smallest absolute Gasteiger partial charge is 0.329 e. The van der Waals surface area contributed by atoms with Crippen molar-refractivity contribution in [3.05, 3.63) is 71.8 Å². The number of nitrogens with zero attached hydrogens (tertiary/aromatic N) is 1. The minimum Gasteiger partial charge on any atom is -0.456 e. The maximum Gasteiger partial charge on any atom is 0.329 e. The number of nitrogens with one attached hydrogen (secondary N) is 1. The van der Waals surface area contributed by atoms with E-state index in [1.807, 2.05) is 45.9 Å². The molecule has 0 aromatic heterocycles. The topological polar surface area (TPSA) is 150 Å². The SMILES string of the molecule is C=CCOC1CC(C=C(C)C2OC(=O)C3CCCCN3C(=O)C(=O)C3(O)OC(C(OC)CC(C)C/C(C)=C/C(CC)C(=O)CCC2C)C(OC)CC3C)CCC1NCc1ccccc1. The number of aliphatic hydroxyl groups is 1. The molecule has 3 aliphatic heterocycles. The Morgan fingerprint density at radius 1 is 0.969 bits per heavy atom. The predicted octanol–water partition coefficient (Wildman–Crippen LogP) is 7.86. The highest BCUT2D eigenvalue weighted by atomic mass is 16.7. The summed E-state index contributed by atoms with van der Waals surface area (Å²) < 4.78 is 31.0. The van der Waals surface area contributed by atoms with Gasteiger partial charge in [0.1, 0.15) is 24.0 Å². The summed E-state index contributed by atoms with van der Waals surface area (Å²) in [7, 11) is 3.12. The molecule has 0 radical (unpaired) electrons. The maximum absolute atomic E-state index is 14.5. The normalized spacial score (nSPS) is 36.5. The lowest BCUT2D eigenvalue weighted by Crippen LogP contribution is -2.64. The summed E-state index contributed by atoms with van der Waals surface area (Å²) in [4.78, 5) is 58.5. The number of rotatable bonds is 11. The number of hydrogen-bond acceptors (Lipinski definition) is 11. The van der Waals surface area contributed by atoms with Gasteiger partial charge >= 0.3 is 5.97 Å². The molecule has 2 bridgehead atoms. The molecule has 2 N–H and O–H groups in total. The van der Waals surface area contributed by atoms with Crippen LogP contribution in [0.15, 0.2) is 66.3 Å². The fourth-order valence-corrected chi connectivity index (χ4v) is 10.6. The van der Waals surface area contributed by atoms with E-state index in [9.17, 15) is 24.3 Å². The Labute approximate surface area is 382 Å². The molecule has 1 saturated carbocycles. The molecule has 12 heteroatoms. The molecule has 12 nitrogen and oxygen atoms in total. The second-order valence-corrected chi connectivity index (χ2v) is 19.3. The summed E-state index contributed by atoms with van der Waals surface area (Å²) in [5.41, 5.74) is 3.17. The zero-order valence-corrected chi connectivity index (χ0v) is 39.9. The highest BCUT2D eigenvalue weighted by molar-refractivity contribution is 6.39. The summed E-state index contributed by atoms with van der Waals surface area (Å²) in [6.45, 7) is 17.1. The van der Waals surface area contributed by atoms with Gasteiger partial charge in [0.15, 0.2) is 0 Å². The largest absolute Gasteiger partial charge is 0.456 e. The average Bonchev–Trinajstić information content (AvgIpc) is 3.29. The molecule has 13 atom stereocenters. The van der Waals surface area contributed by atoms with Crippen molar-refractivity contribution in [2.75, 3.05) is 27.4 Å². The number of ether oxygens (including phenoxy) is 5. The molecule has 1 aromatic carbocycles. The van der Waals surface area contributed by atoms with E-state index in [0.29, 0.717) is 58.0 Å². The predicted molar refractivity (Wildman–Crippen MR) is 247 cm³/mol. The Kier molecular flexibility index (Phi) is 19.5. The number of ketones is 2.